The number of nitrogens with zero attached hydrogens (tertiary/aromatic N) is 1. The van der Waals surface area contributed by atoms with Crippen LogP contribution in [0.4, 0.5) is 5.69 Å². The van der Waals surface area contributed by atoms with Crippen molar-refractivity contribution in [3.8, 4) is 0 Å². The lowest BCUT2D eigenvalue weighted by Gasteiger charge is -2.12. The number of imide groups is 1. The number of carbonyl (C=O) groups is 2. The molecule has 0 aliphatic carbocycles. The van der Waals surface area contributed by atoms with Gasteiger partial charge in [0.25, 0.3) is 11.8 Å². The number of hydrogen-bond acceptors (Lipinski definition) is 3. The molecule has 0 bridgehead atoms. The van der Waals surface area contributed by atoms with E-state index in [1.165, 1.54) is 10.5 Å². The number of benzene rings is 2. The van der Waals surface area contributed by atoms with Gasteiger partial charge in [-0.15, -0.1) is 0 Å². The van der Waals surface area contributed by atoms with Crippen molar-refractivity contribution in [3.63, 3.8) is 0 Å². The summed E-state index contributed by atoms with van der Waals surface area (Å²) in [5.41, 5.74) is 6.94. The third-order valence-electron chi connectivity index (χ3n) is 5.06. The average Bonchev–Trinajstić information content (AvgIpc) is 2.83. The van der Waals surface area contributed by atoms with Crippen LogP contribution in [0.2, 0.25) is 0 Å². The molecule has 4 nitrogen and oxygen atoms in total. The first-order valence-electron chi connectivity index (χ1n) is 8.85. The van der Waals surface area contributed by atoms with Gasteiger partial charge < -0.3 is 5.32 Å². The molecule has 2 amide bonds. The van der Waals surface area contributed by atoms with E-state index in [4.69, 9.17) is 0 Å². The van der Waals surface area contributed by atoms with Crippen molar-refractivity contribution >= 4 is 23.1 Å². The number of amides is 2. The lowest BCUT2D eigenvalue weighted by molar-refractivity contribution is -0.136. The molecule has 0 saturated carbocycles. The van der Waals surface area contributed by atoms with Crippen molar-refractivity contribution in [2.45, 2.75) is 34.6 Å². The van der Waals surface area contributed by atoms with E-state index < -0.39 is 0 Å². The summed E-state index contributed by atoms with van der Waals surface area (Å²) in [7, 11) is 0. The third kappa shape index (κ3) is 3.03. The predicted molar refractivity (Wildman–Crippen MR) is 105 cm³/mol. The maximum Gasteiger partial charge on any atom is 0.278 e. The Balaban J connectivity index is 2.11. The monoisotopic (exact) mass is 348 g/mol. The summed E-state index contributed by atoms with van der Waals surface area (Å²) in [5.74, 6) is -0.518. The zero-order valence-corrected chi connectivity index (χ0v) is 15.9. The van der Waals surface area contributed by atoms with Crippen LogP contribution in [-0.2, 0) is 9.59 Å². The molecule has 2 aromatic rings. The van der Waals surface area contributed by atoms with Gasteiger partial charge >= 0.3 is 0 Å². The number of carbonyl (C=O) groups excluding carboxylic acids is 2. The van der Waals surface area contributed by atoms with Gasteiger partial charge in [-0.2, -0.15) is 0 Å². The number of likely N-dealkylation sites (N-methyl/N-ethyl adjacent to an activating group) is 1. The van der Waals surface area contributed by atoms with Crippen molar-refractivity contribution in [2.75, 3.05) is 11.9 Å². The molecule has 0 atom stereocenters. The highest BCUT2D eigenvalue weighted by Gasteiger charge is 2.38. The molecule has 1 heterocycles. The lowest BCUT2D eigenvalue weighted by Crippen LogP contribution is -2.32. The van der Waals surface area contributed by atoms with Crippen molar-refractivity contribution < 1.29 is 9.59 Å². The van der Waals surface area contributed by atoms with E-state index in [9.17, 15) is 9.59 Å². The average molecular weight is 348 g/mol. The van der Waals surface area contributed by atoms with Crippen LogP contribution in [0.25, 0.3) is 5.57 Å². The van der Waals surface area contributed by atoms with E-state index in [2.05, 4.69) is 5.32 Å². The fourth-order valence-electron chi connectivity index (χ4n) is 3.11. The molecular formula is C22H24N2O2. The van der Waals surface area contributed by atoms with Crippen molar-refractivity contribution in [3.05, 3.63) is 69.9 Å². The van der Waals surface area contributed by atoms with Crippen LogP contribution >= 0.6 is 0 Å². The number of rotatable bonds is 4. The Bertz CT molecular complexity index is 941. The highest BCUT2D eigenvalue weighted by molar-refractivity contribution is 6.36. The Kier molecular flexibility index (Phi) is 4.68. The standard InChI is InChI=1S/C22H24N2O2/c1-6-24-21(25)19(17-9-7-13(2)15(4)11-17)20(22(24)26)23-18-10-8-14(3)16(5)12-18/h7-12,23H,6H2,1-5H3. The van der Waals surface area contributed by atoms with Crippen molar-refractivity contribution in [2.24, 2.45) is 0 Å². The first kappa shape index (κ1) is 17.9. The minimum absolute atomic E-state index is 0.243. The van der Waals surface area contributed by atoms with Crippen LogP contribution in [0.1, 0.15) is 34.7 Å². The van der Waals surface area contributed by atoms with Gasteiger partial charge in [0.15, 0.2) is 0 Å². The quantitative estimate of drug-likeness (QED) is 0.845. The molecule has 26 heavy (non-hydrogen) atoms. The van der Waals surface area contributed by atoms with Crippen LogP contribution in [-0.4, -0.2) is 23.3 Å². The Labute approximate surface area is 154 Å². The Morgan fingerprint density at radius 1 is 0.808 bits per heavy atom. The van der Waals surface area contributed by atoms with E-state index in [0.29, 0.717) is 17.8 Å². The van der Waals surface area contributed by atoms with Gasteiger partial charge in [-0.05, 0) is 74.6 Å². The maximum absolute atomic E-state index is 12.9. The summed E-state index contributed by atoms with van der Waals surface area (Å²) in [6, 6.07) is 11.8. The molecule has 1 aliphatic rings. The minimum Gasteiger partial charge on any atom is -0.350 e. The molecule has 134 valence electrons. The number of aryl methyl sites for hydroxylation is 4. The van der Waals surface area contributed by atoms with Crippen LogP contribution in [0.3, 0.4) is 0 Å². The molecule has 0 radical (unpaired) electrons. The second-order valence-corrected chi connectivity index (χ2v) is 6.83. The molecule has 3 rings (SSSR count). The predicted octanol–water partition coefficient (Wildman–Crippen LogP) is 4.13. The smallest absolute Gasteiger partial charge is 0.278 e. The van der Waals surface area contributed by atoms with Gasteiger partial charge in [-0.1, -0.05) is 24.3 Å². The van der Waals surface area contributed by atoms with Crippen LogP contribution < -0.4 is 5.32 Å². The van der Waals surface area contributed by atoms with E-state index in [1.807, 2.05) is 71.0 Å². The summed E-state index contributed by atoms with van der Waals surface area (Å²) in [6.07, 6.45) is 0. The molecule has 0 spiro atoms. The SMILES string of the molecule is CCN1C(=O)C(Nc2ccc(C)c(C)c2)=C(c2ccc(C)c(C)c2)C1=O. The summed E-state index contributed by atoms with van der Waals surface area (Å²) >= 11 is 0. The Hall–Kier alpha value is -2.88. The second kappa shape index (κ2) is 6.79. The molecule has 0 unspecified atom stereocenters. The summed E-state index contributed by atoms with van der Waals surface area (Å²) < 4.78 is 0. The molecule has 1 N–H and O–H groups in total. The number of nitrogens with one attached hydrogen (secondary N) is 1. The van der Waals surface area contributed by atoms with E-state index in [0.717, 1.165) is 27.9 Å². The van der Waals surface area contributed by atoms with Gasteiger partial charge in [0.1, 0.15) is 5.70 Å². The van der Waals surface area contributed by atoms with Gasteiger partial charge in [-0.25, -0.2) is 0 Å². The third-order valence-corrected chi connectivity index (χ3v) is 5.06. The molecule has 2 aromatic carbocycles. The Morgan fingerprint density at radius 2 is 1.42 bits per heavy atom. The number of anilines is 1. The fourth-order valence-corrected chi connectivity index (χ4v) is 3.11. The van der Waals surface area contributed by atoms with Crippen LogP contribution in [0.15, 0.2) is 42.1 Å². The molecule has 4 heteroatoms. The van der Waals surface area contributed by atoms with Crippen molar-refractivity contribution in [1.82, 2.24) is 4.90 Å². The van der Waals surface area contributed by atoms with Gasteiger partial charge in [0, 0.05) is 12.2 Å². The first-order chi connectivity index (χ1) is 12.3. The van der Waals surface area contributed by atoms with E-state index in [-0.39, 0.29) is 11.8 Å². The molecular weight excluding hydrogens is 324 g/mol. The largest absolute Gasteiger partial charge is 0.350 e. The van der Waals surface area contributed by atoms with Crippen molar-refractivity contribution in [1.29, 1.82) is 0 Å². The zero-order chi connectivity index (χ0) is 19.0. The minimum atomic E-state index is -0.274. The lowest BCUT2D eigenvalue weighted by atomic mass is 9.99. The van der Waals surface area contributed by atoms with Gasteiger partial charge in [0.2, 0.25) is 0 Å². The molecule has 1 aliphatic heterocycles. The highest BCUT2D eigenvalue weighted by atomic mass is 16.2. The maximum atomic E-state index is 12.9. The van der Waals surface area contributed by atoms with E-state index in [1.54, 1.807) is 0 Å². The number of hydrogen-bond donors (Lipinski definition) is 1. The molecule has 0 aromatic heterocycles. The fraction of sp³-hybridized carbons (Fsp3) is 0.273. The van der Waals surface area contributed by atoms with Crippen LogP contribution in [0.5, 0.6) is 0 Å². The van der Waals surface area contributed by atoms with Crippen LogP contribution in [0, 0.1) is 27.7 Å². The van der Waals surface area contributed by atoms with Gasteiger partial charge in [-0.3, -0.25) is 14.5 Å². The normalized spacial score (nSPS) is 14.4. The molecule has 0 saturated heterocycles. The Morgan fingerprint density at radius 3 is 2.00 bits per heavy atom. The summed E-state index contributed by atoms with van der Waals surface area (Å²) in [6.45, 7) is 10.3. The summed E-state index contributed by atoms with van der Waals surface area (Å²) in [4.78, 5) is 27.0. The zero-order valence-electron chi connectivity index (χ0n) is 15.9. The van der Waals surface area contributed by atoms with E-state index >= 15 is 0 Å². The summed E-state index contributed by atoms with van der Waals surface area (Å²) in [5, 5.41) is 3.20. The second-order valence-electron chi connectivity index (χ2n) is 6.83. The molecule has 0 fully saturated rings. The van der Waals surface area contributed by atoms with Gasteiger partial charge in [0.05, 0.1) is 5.57 Å². The topological polar surface area (TPSA) is 49.4 Å². The first-order valence-corrected chi connectivity index (χ1v) is 8.85. The highest BCUT2D eigenvalue weighted by Crippen LogP contribution is 2.31.